The Balaban J connectivity index is 1.48. The molecule has 1 saturated heterocycles. The highest BCUT2D eigenvalue weighted by Crippen LogP contribution is 2.31. The maximum absolute atomic E-state index is 12.8. The third kappa shape index (κ3) is 5.33. The largest absolute Gasteiger partial charge is 0.342 e. The van der Waals surface area contributed by atoms with E-state index in [0.717, 1.165) is 57.3 Å². The van der Waals surface area contributed by atoms with Crippen molar-refractivity contribution in [3.63, 3.8) is 0 Å². The van der Waals surface area contributed by atoms with Crippen molar-refractivity contribution in [2.75, 3.05) is 18.4 Å². The molecule has 0 spiro atoms. The van der Waals surface area contributed by atoms with E-state index in [1.807, 2.05) is 12.1 Å². The van der Waals surface area contributed by atoms with E-state index in [1.54, 1.807) is 0 Å². The molecule has 0 aromatic heterocycles. The minimum Gasteiger partial charge on any atom is -0.342 e. The number of nitrogens with zero attached hydrogens (tertiary/aromatic N) is 1. The molecule has 4 nitrogen and oxygen atoms in total. The van der Waals surface area contributed by atoms with Gasteiger partial charge in [-0.3, -0.25) is 9.59 Å². The highest BCUT2D eigenvalue weighted by molar-refractivity contribution is 5.92. The molecule has 1 aromatic carbocycles. The Morgan fingerprint density at radius 1 is 0.889 bits per heavy atom. The average Bonchev–Trinajstić information content (AvgIpc) is 2.97. The van der Waals surface area contributed by atoms with Gasteiger partial charge in [0.15, 0.2) is 0 Å². The molecule has 148 valence electrons. The second-order valence-corrected chi connectivity index (χ2v) is 8.55. The molecule has 2 aliphatic rings. The number of nitrogens with one attached hydrogen (secondary N) is 1. The summed E-state index contributed by atoms with van der Waals surface area (Å²) in [6.07, 6.45) is 8.10. The number of benzene rings is 1. The van der Waals surface area contributed by atoms with Gasteiger partial charge in [-0.05, 0) is 62.1 Å². The lowest BCUT2D eigenvalue weighted by molar-refractivity contribution is -0.137. The SMILES string of the molecule is CC(C)c1ccc(NC(=O)C2CCC(C(=O)N3CCCCCC3)CC2)cc1. The molecule has 1 aliphatic carbocycles. The van der Waals surface area contributed by atoms with E-state index in [4.69, 9.17) is 0 Å². The van der Waals surface area contributed by atoms with Crippen LogP contribution in [0.4, 0.5) is 5.69 Å². The summed E-state index contributed by atoms with van der Waals surface area (Å²) in [5, 5.41) is 3.06. The third-order valence-corrected chi connectivity index (χ3v) is 6.21. The van der Waals surface area contributed by atoms with Crippen molar-refractivity contribution >= 4 is 17.5 Å². The monoisotopic (exact) mass is 370 g/mol. The fourth-order valence-corrected chi connectivity index (χ4v) is 4.35. The first-order chi connectivity index (χ1) is 13.0. The molecule has 1 saturated carbocycles. The first-order valence-corrected chi connectivity index (χ1v) is 10.7. The lowest BCUT2D eigenvalue weighted by Gasteiger charge is -2.31. The van der Waals surface area contributed by atoms with Crippen molar-refractivity contribution in [1.82, 2.24) is 4.90 Å². The Morgan fingerprint density at radius 3 is 2.00 bits per heavy atom. The summed E-state index contributed by atoms with van der Waals surface area (Å²) in [4.78, 5) is 27.5. The first-order valence-electron chi connectivity index (χ1n) is 10.7. The van der Waals surface area contributed by atoms with E-state index in [1.165, 1.54) is 18.4 Å². The molecule has 0 radical (unpaired) electrons. The topological polar surface area (TPSA) is 49.4 Å². The van der Waals surface area contributed by atoms with Crippen molar-refractivity contribution in [1.29, 1.82) is 0 Å². The van der Waals surface area contributed by atoms with Crippen LogP contribution < -0.4 is 5.32 Å². The zero-order valence-electron chi connectivity index (χ0n) is 16.9. The molecule has 4 heteroatoms. The number of anilines is 1. The van der Waals surface area contributed by atoms with E-state index in [-0.39, 0.29) is 17.7 Å². The van der Waals surface area contributed by atoms with Gasteiger partial charge in [0.2, 0.25) is 11.8 Å². The van der Waals surface area contributed by atoms with Gasteiger partial charge in [-0.15, -0.1) is 0 Å². The Kier molecular flexibility index (Phi) is 6.92. The summed E-state index contributed by atoms with van der Waals surface area (Å²) in [7, 11) is 0. The zero-order chi connectivity index (χ0) is 19.2. The van der Waals surface area contributed by atoms with E-state index in [2.05, 4.69) is 36.2 Å². The molecule has 1 aromatic rings. The van der Waals surface area contributed by atoms with Crippen LogP contribution in [-0.4, -0.2) is 29.8 Å². The van der Waals surface area contributed by atoms with Crippen molar-refractivity contribution in [2.45, 2.75) is 71.1 Å². The van der Waals surface area contributed by atoms with Crippen LogP contribution in [0.25, 0.3) is 0 Å². The Morgan fingerprint density at radius 2 is 1.44 bits per heavy atom. The molecule has 27 heavy (non-hydrogen) atoms. The van der Waals surface area contributed by atoms with Gasteiger partial charge in [-0.2, -0.15) is 0 Å². The Bertz CT molecular complexity index is 622. The molecule has 1 aliphatic heterocycles. The van der Waals surface area contributed by atoms with Gasteiger partial charge in [0.1, 0.15) is 0 Å². The third-order valence-electron chi connectivity index (χ3n) is 6.21. The number of amides is 2. The molecule has 3 rings (SSSR count). The van der Waals surface area contributed by atoms with Gasteiger partial charge >= 0.3 is 0 Å². The van der Waals surface area contributed by atoms with Crippen molar-refractivity contribution in [3.05, 3.63) is 29.8 Å². The van der Waals surface area contributed by atoms with Crippen LogP contribution in [0.5, 0.6) is 0 Å². The van der Waals surface area contributed by atoms with E-state index >= 15 is 0 Å². The van der Waals surface area contributed by atoms with E-state index in [9.17, 15) is 9.59 Å². The predicted molar refractivity (Wildman–Crippen MR) is 110 cm³/mol. The standard InChI is InChI=1S/C23H34N2O2/c1-17(2)18-11-13-21(14-12-18)24-22(26)19-7-9-20(10-8-19)23(27)25-15-5-3-4-6-16-25/h11-14,17,19-20H,3-10,15-16H2,1-2H3,(H,24,26). The normalized spacial score (nSPS) is 23.7. The lowest BCUT2D eigenvalue weighted by Crippen LogP contribution is -2.39. The van der Waals surface area contributed by atoms with Crippen LogP contribution in [-0.2, 0) is 9.59 Å². The number of likely N-dealkylation sites (tertiary alicyclic amines) is 1. The lowest BCUT2D eigenvalue weighted by atomic mass is 9.81. The van der Waals surface area contributed by atoms with Crippen LogP contribution in [0.1, 0.15) is 76.7 Å². The molecular weight excluding hydrogens is 336 g/mol. The molecule has 0 atom stereocenters. The van der Waals surface area contributed by atoms with Crippen LogP contribution in [0, 0.1) is 11.8 Å². The summed E-state index contributed by atoms with van der Waals surface area (Å²) < 4.78 is 0. The quantitative estimate of drug-likeness (QED) is 0.814. The molecule has 0 bridgehead atoms. The summed E-state index contributed by atoms with van der Waals surface area (Å²) in [5.74, 6) is 1.08. The molecule has 1 N–H and O–H groups in total. The van der Waals surface area contributed by atoms with E-state index < -0.39 is 0 Å². The molecule has 0 unspecified atom stereocenters. The van der Waals surface area contributed by atoms with Crippen molar-refractivity contribution in [2.24, 2.45) is 11.8 Å². The average molecular weight is 371 g/mol. The second-order valence-electron chi connectivity index (χ2n) is 8.55. The van der Waals surface area contributed by atoms with Gasteiger partial charge in [-0.25, -0.2) is 0 Å². The summed E-state index contributed by atoms with van der Waals surface area (Å²) in [5.41, 5.74) is 2.15. The number of hydrogen-bond donors (Lipinski definition) is 1. The molecule has 2 fully saturated rings. The molecule has 1 heterocycles. The number of carbonyl (C=O) groups excluding carboxylic acids is 2. The highest BCUT2D eigenvalue weighted by Gasteiger charge is 2.32. The van der Waals surface area contributed by atoms with Gasteiger partial charge in [-0.1, -0.05) is 38.8 Å². The maximum Gasteiger partial charge on any atom is 0.227 e. The van der Waals surface area contributed by atoms with Crippen molar-refractivity contribution < 1.29 is 9.59 Å². The van der Waals surface area contributed by atoms with E-state index in [0.29, 0.717) is 11.8 Å². The summed E-state index contributed by atoms with van der Waals surface area (Å²) in [6, 6.07) is 8.14. The predicted octanol–water partition coefficient (Wildman–Crippen LogP) is 4.96. The van der Waals surface area contributed by atoms with Gasteiger partial charge in [0.25, 0.3) is 0 Å². The highest BCUT2D eigenvalue weighted by atomic mass is 16.2. The van der Waals surface area contributed by atoms with Crippen molar-refractivity contribution in [3.8, 4) is 0 Å². The van der Waals surface area contributed by atoms with Crippen LogP contribution in [0.3, 0.4) is 0 Å². The van der Waals surface area contributed by atoms with Gasteiger partial charge in [0.05, 0.1) is 0 Å². The van der Waals surface area contributed by atoms with Crippen LogP contribution in [0.15, 0.2) is 24.3 Å². The van der Waals surface area contributed by atoms with Gasteiger partial charge in [0, 0.05) is 30.6 Å². The Labute approximate surface area is 163 Å². The minimum atomic E-state index is 0.0305. The molecule has 2 amide bonds. The summed E-state index contributed by atoms with van der Waals surface area (Å²) in [6.45, 7) is 6.18. The Hall–Kier alpha value is -1.84. The first kappa shape index (κ1) is 19.9. The fourth-order valence-electron chi connectivity index (χ4n) is 4.35. The maximum atomic E-state index is 12.8. The van der Waals surface area contributed by atoms with Crippen LogP contribution >= 0.6 is 0 Å². The van der Waals surface area contributed by atoms with Crippen LogP contribution in [0.2, 0.25) is 0 Å². The smallest absolute Gasteiger partial charge is 0.227 e. The second kappa shape index (κ2) is 9.38. The zero-order valence-corrected chi connectivity index (χ0v) is 16.9. The minimum absolute atomic E-state index is 0.0305. The summed E-state index contributed by atoms with van der Waals surface area (Å²) >= 11 is 0. The number of carbonyl (C=O) groups is 2. The van der Waals surface area contributed by atoms with Gasteiger partial charge < -0.3 is 10.2 Å². The number of hydrogen-bond acceptors (Lipinski definition) is 2. The fraction of sp³-hybridized carbons (Fsp3) is 0.652. The number of rotatable bonds is 4. The molecular formula is C23H34N2O2.